The number of aliphatic carboxylic acids is 1. The van der Waals surface area contributed by atoms with E-state index >= 15 is 0 Å². The van der Waals surface area contributed by atoms with Gasteiger partial charge in [0.15, 0.2) is 0 Å². The van der Waals surface area contributed by atoms with Crippen LogP contribution in [0.1, 0.15) is 51.5 Å². The van der Waals surface area contributed by atoms with Crippen LogP contribution >= 0.6 is 0 Å². The van der Waals surface area contributed by atoms with Crippen LogP contribution in [0.25, 0.3) is 0 Å². The second-order valence-electron chi connectivity index (χ2n) is 9.58. The zero-order valence-corrected chi connectivity index (χ0v) is 21.0. The lowest BCUT2D eigenvalue weighted by molar-refractivity contribution is -0.149. The first-order chi connectivity index (χ1) is 17.0. The molecular formula is C25H39N5O6. The number of aromatic hydroxyl groups is 1. The molecule has 1 heterocycles. The number of hydrogen-bond acceptors (Lipinski definition) is 7. The Bertz CT molecular complexity index is 907. The Morgan fingerprint density at radius 3 is 2.28 bits per heavy atom. The first kappa shape index (κ1) is 29.1. The number of likely N-dealkylation sites (tertiary alicyclic amines) is 1. The van der Waals surface area contributed by atoms with E-state index in [4.69, 9.17) is 11.5 Å². The van der Waals surface area contributed by atoms with E-state index in [2.05, 4.69) is 10.6 Å². The highest BCUT2D eigenvalue weighted by Gasteiger charge is 2.38. The van der Waals surface area contributed by atoms with Crippen molar-refractivity contribution < 1.29 is 29.4 Å². The second kappa shape index (κ2) is 13.8. The second-order valence-corrected chi connectivity index (χ2v) is 9.58. The van der Waals surface area contributed by atoms with E-state index in [1.165, 1.54) is 17.0 Å². The molecule has 1 aliphatic rings. The molecule has 0 bridgehead atoms. The maximum Gasteiger partial charge on any atom is 0.326 e. The third-order valence-electron chi connectivity index (χ3n) is 6.41. The predicted octanol–water partition coefficient (Wildman–Crippen LogP) is 0.0922. The van der Waals surface area contributed by atoms with Crippen LogP contribution in [0.5, 0.6) is 5.75 Å². The van der Waals surface area contributed by atoms with E-state index in [9.17, 15) is 29.4 Å². The molecule has 11 heteroatoms. The number of hydrogen-bond donors (Lipinski definition) is 6. The molecule has 1 aliphatic heterocycles. The quantitative estimate of drug-likeness (QED) is 0.203. The van der Waals surface area contributed by atoms with Crippen molar-refractivity contribution in [2.75, 3.05) is 13.1 Å². The van der Waals surface area contributed by atoms with E-state index in [1.54, 1.807) is 26.0 Å². The van der Waals surface area contributed by atoms with Crippen molar-refractivity contribution in [1.82, 2.24) is 15.5 Å². The summed E-state index contributed by atoms with van der Waals surface area (Å²) in [4.78, 5) is 52.3. The molecule has 8 N–H and O–H groups in total. The number of unbranched alkanes of at least 4 members (excludes halogenated alkanes) is 1. The highest BCUT2D eigenvalue weighted by atomic mass is 16.4. The summed E-state index contributed by atoms with van der Waals surface area (Å²) in [6.45, 7) is 4.31. The third-order valence-corrected chi connectivity index (χ3v) is 6.41. The van der Waals surface area contributed by atoms with Crippen molar-refractivity contribution in [1.29, 1.82) is 0 Å². The lowest BCUT2D eigenvalue weighted by Gasteiger charge is -2.29. The van der Waals surface area contributed by atoms with Gasteiger partial charge in [-0.2, -0.15) is 0 Å². The van der Waals surface area contributed by atoms with Gasteiger partial charge in [-0.1, -0.05) is 26.0 Å². The summed E-state index contributed by atoms with van der Waals surface area (Å²) < 4.78 is 0. The highest BCUT2D eigenvalue weighted by molar-refractivity contribution is 5.94. The Labute approximate surface area is 211 Å². The number of nitrogens with two attached hydrogens (primary N) is 2. The molecule has 36 heavy (non-hydrogen) atoms. The van der Waals surface area contributed by atoms with E-state index in [0.29, 0.717) is 44.3 Å². The van der Waals surface area contributed by atoms with Gasteiger partial charge in [0.25, 0.3) is 0 Å². The Morgan fingerprint density at radius 2 is 1.69 bits per heavy atom. The lowest BCUT2D eigenvalue weighted by atomic mass is 10.0. The number of nitrogens with one attached hydrogen (secondary N) is 2. The molecule has 1 aromatic carbocycles. The van der Waals surface area contributed by atoms with Crippen LogP contribution in [-0.4, -0.2) is 76.1 Å². The van der Waals surface area contributed by atoms with Crippen LogP contribution in [0.3, 0.4) is 0 Å². The molecule has 0 radical (unpaired) electrons. The Balaban J connectivity index is 2.25. The van der Waals surface area contributed by atoms with Crippen molar-refractivity contribution in [3.8, 4) is 5.75 Å². The average molecular weight is 506 g/mol. The maximum atomic E-state index is 13.4. The molecule has 0 spiro atoms. The van der Waals surface area contributed by atoms with E-state index in [1.807, 2.05) is 0 Å². The van der Waals surface area contributed by atoms with Gasteiger partial charge < -0.3 is 37.2 Å². The van der Waals surface area contributed by atoms with Gasteiger partial charge in [0.05, 0.1) is 6.04 Å². The number of amides is 3. The van der Waals surface area contributed by atoms with Crippen LogP contribution in [-0.2, 0) is 25.6 Å². The van der Waals surface area contributed by atoms with Crippen LogP contribution in [0.2, 0.25) is 0 Å². The largest absolute Gasteiger partial charge is 0.508 e. The number of carbonyl (C=O) groups is 4. The minimum atomic E-state index is -1.08. The van der Waals surface area contributed by atoms with Crippen molar-refractivity contribution in [3.63, 3.8) is 0 Å². The van der Waals surface area contributed by atoms with Crippen LogP contribution < -0.4 is 22.1 Å². The van der Waals surface area contributed by atoms with Gasteiger partial charge in [-0.15, -0.1) is 0 Å². The van der Waals surface area contributed by atoms with Crippen molar-refractivity contribution in [2.45, 2.75) is 76.5 Å². The molecule has 1 fully saturated rings. The Hall–Kier alpha value is -3.18. The minimum absolute atomic E-state index is 0.0646. The van der Waals surface area contributed by atoms with Crippen LogP contribution in [0.4, 0.5) is 0 Å². The predicted molar refractivity (Wildman–Crippen MR) is 134 cm³/mol. The number of phenolic OH excluding ortho intramolecular Hbond substituents is 1. The van der Waals surface area contributed by atoms with Gasteiger partial charge in [0, 0.05) is 13.0 Å². The van der Waals surface area contributed by atoms with E-state index in [-0.39, 0.29) is 24.5 Å². The number of benzene rings is 1. The molecule has 1 saturated heterocycles. The molecule has 0 saturated carbocycles. The SMILES string of the molecule is CC(C)C(N)C(=O)NC(Cc1ccc(O)cc1)C(=O)NC(CCCCN)C(=O)N1CCCC1C(=O)O. The summed E-state index contributed by atoms with van der Waals surface area (Å²) in [7, 11) is 0. The summed E-state index contributed by atoms with van der Waals surface area (Å²) in [5.74, 6) is -2.71. The number of rotatable bonds is 13. The van der Waals surface area contributed by atoms with Crippen molar-refractivity contribution in [2.24, 2.45) is 17.4 Å². The third kappa shape index (κ3) is 8.20. The topological polar surface area (TPSA) is 188 Å². The van der Waals surface area contributed by atoms with Gasteiger partial charge >= 0.3 is 5.97 Å². The number of carboxylic acids is 1. The number of phenols is 1. The summed E-state index contributed by atoms with van der Waals surface area (Å²) in [5, 5.41) is 24.5. The van der Waals surface area contributed by atoms with Crippen molar-refractivity contribution in [3.05, 3.63) is 29.8 Å². The van der Waals surface area contributed by atoms with Gasteiger partial charge in [0.2, 0.25) is 17.7 Å². The molecular weight excluding hydrogens is 466 g/mol. The molecule has 200 valence electrons. The molecule has 0 aliphatic carbocycles. The smallest absolute Gasteiger partial charge is 0.326 e. The highest BCUT2D eigenvalue weighted by Crippen LogP contribution is 2.20. The summed E-state index contributed by atoms with van der Waals surface area (Å²) in [6, 6.07) is 2.47. The minimum Gasteiger partial charge on any atom is -0.508 e. The van der Waals surface area contributed by atoms with Gasteiger partial charge in [-0.3, -0.25) is 14.4 Å². The maximum absolute atomic E-state index is 13.4. The lowest BCUT2D eigenvalue weighted by Crippen LogP contribution is -2.58. The molecule has 11 nitrogen and oxygen atoms in total. The normalized spacial score (nSPS) is 17.9. The summed E-state index contributed by atoms with van der Waals surface area (Å²) in [6.07, 6.45) is 2.52. The molecule has 0 aromatic heterocycles. The zero-order chi connectivity index (χ0) is 26.8. The fourth-order valence-corrected chi connectivity index (χ4v) is 4.16. The Kier molecular flexibility index (Phi) is 11.1. The Morgan fingerprint density at radius 1 is 1.06 bits per heavy atom. The van der Waals surface area contributed by atoms with Gasteiger partial charge in [-0.05, 0) is 62.3 Å². The molecule has 4 unspecified atom stereocenters. The molecule has 4 atom stereocenters. The first-order valence-electron chi connectivity index (χ1n) is 12.4. The summed E-state index contributed by atoms with van der Waals surface area (Å²) >= 11 is 0. The number of carbonyl (C=O) groups excluding carboxylic acids is 3. The molecule has 1 aromatic rings. The van der Waals surface area contributed by atoms with Crippen molar-refractivity contribution >= 4 is 23.7 Å². The zero-order valence-electron chi connectivity index (χ0n) is 21.0. The van der Waals surface area contributed by atoms with Crippen LogP contribution in [0, 0.1) is 5.92 Å². The number of carboxylic acid groups (broad SMARTS) is 1. The fourth-order valence-electron chi connectivity index (χ4n) is 4.16. The molecule has 2 rings (SSSR count). The van der Waals surface area contributed by atoms with Gasteiger partial charge in [0.1, 0.15) is 23.9 Å². The molecule has 3 amide bonds. The average Bonchev–Trinajstić information content (AvgIpc) is 3.33. The monoisotopic (exact) mass is 505 g/mol. The van der Waals surface area contributed by atoms with Crippen LogP contribution in [0.15, 0.2) is 24.3 Å². The summed E-state index contributed by atoms with van der Waals surface area (Å²) in [5.41, 5.74) is 12.2. The number of nitrogens with zero attached hydrogens (tertiary/aromatic N) is 1. The fraction of sp³-hybridized carbons (Fsp3) is 0.600. The standard InChI is InChI=1S/C25H39N5O6/c1-15(2)21(27)23(33)29-19(14-16-8-10-17(31)11-9-16)22(32)28-18(6-3-4-12-26)24(34)30-13-5-7-20(30)25(35)36/h8-11,15,18-21,31H,3-7,12-14,26-27H2,1-2H3,(H,28,32)(H,29,33)(H,35,36). The van der Waals surface area contributed by atoms with E-state index < -0.39 is 47.9 Å². The van der Waals surface area contributed by atoms with Gasteiger partial charge in [-0.25, -0.2) is 4.79 Å². The first-order valence-corrected chi connectivity index (χ1v) is 12.4. The van der Waals surface area contributed by atoms with E-state index in [0.717, 1.165) is 0 Å².